The summed E-state index contributed by atoms with van der Waals surface area (Å²) >= 11 is 0. The second-order valence-electron chi connectivity index (χ2n) is 7.59. The van der Waals surface area contributed by atoms with Gasteiger partial charge in [-0.05, 0) is 25.2 Å². The smallest absolute Gasteiger partial charge is 0.228 e. The van der Waals surface area contributed by atoms with E-state index in [9.17, 15) is 0 Å². The molecule has 140 valence electrons. The minimum absolute atomic E-state index is 0. The highest BCUT2D eigenvalue weighted by molar-refractivity contribution is 14.0. The molecule has 0 radical (unpaired) electrons. The summed E-state index contributed by atoms with van der Waals surface area (Å²) in [6.45, 7) is 13.8. The Bertz CT molecular complexity index is 493. The van der Waals surface area contributed by atoms with E-state index in [1.54, 1.807) is 7.05 Å². The third kappa shape index (κ3) is 9.44. The van der Waals surface area contributed by atoms with E-state index in [1.807, 2.05) is 0 Å². The molecule has 0 fully saturated rings. The first-order valence-corrected chi connectivity index (χ1v) is 8.51. The predicted molar refractivity (Wildman–Crippen MR) is 110 cm³/mol. The fraction of sp³-hybridized carbons (Fsp3) is 0.824. The highest BCUT2D eigenvalue weighted by Crippen LogP contribution is 2.21. The second-order valence-corrected chi connectivity index (χ2v) is 7.59. The lowest BCUT2D eigenvalue weighted by Gasteiger charge is -2.23. The first-order chi connectivity index (χ1) is 10.7. The van der Waals surface area contributed by atoms with Gasteiger partial charge in [0.05, 0.1) is 0 Å². The number of hydrogen-bond donors (Lipinski definition) is 2. The minimum Gasteiger partial charge on any atom is -0.356 e. The molecule has 1 heterocycles. The predicted octanol–water partition coefficient (Wildman–Crippen LogP) is 3.73. The van der Waals surface area contributed by atoms with Crippen LogP contribution in [0.25, 0.3) is 0 Å². The molecule has 1 aromatic heterocycles. The summed E-state index contributed by atoms with van der Waals surface area (Å²) < 4.78 is 5.24. The first kappa shape index (κ1) is 23.1. The van der Waals surface area contributed by atoms with Crippen molar-refractivity contribution in [3.8, 4) is 0 Å². The Kier molecular flexibility index (Phi) is 10.5. The van der Waals surface area contributed by atoms with Crippen molar-refractivity contribution in [1.82, 2.24) is 20.8 Å². The van der Waals surface area contributed by atoms with Gasteiger partial charge in [0.25, 0.3) is 0 Å². The third-order valence-electron chi connectivity index (χ3n) is 3.57. The molecule has 0 saturated heterocycles. The van der Waals surface area contributed by atoms with E-state index in [2.05, 4.69) is 67.3 Å². The number of halogens is 1. The molecule has 0 aliphatic carbocycles. The summed E-state index contributed by atoms with van der Waals surface area (Å²) in [5.41, 5.74) is 0.360. The van der Waals surface area contributed by atoms with Crippen LogP contribution in [0.15, 0.2) is 9.52 Å². The molecule has 2 N–H and O–H groups in total. The van der Waals surface area contributed by atoms with Crippen LogP contribution in [0.5, 0.6) is 0 Å². The standard InChI is InChI=1S/C17H33N5O.HI/c1-12(2)15-21-14(23-22-15)9-11-19-16(18-7)20-13(3)8-10-17(4,5)6;/h12-13H,8-11H2,1-7H3,(H2,18,19,20);1H. The highest BCUT2D eigenvalue weighted by Gasteiger charge is 2.13. The first-order valence-electron chi connectivity index (χ1n) is 8.51. The maximum Gasteiger partial charge on any atom is 0.228 e. The quantitative estimate of drug-likeness (QED) is 0.376. The number of guanidine groups is 1. The van der Waals surface area contributed by atoms with E-state index in [0.29, 0.717) is 36.2 Å². The summed E-state index contributed by atoms with van der Waals surface area (Å²) in [4.78, 5) is 8.64. The van der Waals surface area contributed by atoms with Crippen molar-refractivity contribution in [1.29, 1.82) is 0 Å². The van der Waals surface area contributed by atoms with Crippen molar-refractivity contribution >= 4 is 29.9 Å². The lowest BCUT2D eigenvalue weighted by Crippen LogP contribution is -2.43. The highest BCUT2D eigenvalue weighted by atomic mass is 127. The van der Waals surface area contributed by atoms with Gasteiger partial charge in [-0.15, -0.1) is 24.0 Å². The molecule has 1 unspecified atom stereocenters. The van der Waals surface area contributed by atoms with E-state index in [0.717, 1.165) is 18.2 Å². The van der Waals surface area contributed by atoms with Crippen molar-refractivity contribution in [2.24, 2.45) is 10.4 Å². The molecular formula is C17H34IN5O. The van der Waals surface area contributed by atoms with Gasteiger partial charge in [-0.2, -0.15) is 4.98 Å². The Hall–Kier alpha value is -0.860. The van der Waals surface area contributed by atoms with Gasteiger partial charge in [0.2, 0.25) is 5.89 Å². The maximum absolute atomic E-state index is 5.24. The van der Waals surface area contributed by atoms with Gasteiger partial charge in [-0.3, -0.25) is 4.99 Å². The van der Waals surface area contributed by atoms with Crippen LogP contribution in [0.3, 0.4) is 0 Å². The Morgan fingerprint density at radius 3 is 2.42 bits per heavy atom. The van der Waals surface area contributed by atoms with Crippen LogP contribution >= 0.6 is 24.0 Å². The Morgan fingerprint density at radius 2 is 1.92 bits per heavy atom. The summed E-state index contributed by atoms with van der Waals surface area (Å²) in [6.07, 6.45) is 2.99. The van der Waals surface area contributed by atoms with E-state index in [4.69, 9.17) is 4.52 Å². The lowest BCUT2D eigenvalue weighted by atomic mass is 9.89. The van der Waals surface area contributed by atoms with Crippen LogP contribution in [0.1, 0.15) is 72.0 Å². The molecule has 6 nitrogen and oxygen atoms in total. The van der Waals surface area contributed by atoms with Gasteiger partial charge >= 0.3 is 0 Å². The molecule has 0 bridgehead atoms. The summed E-state index contributed by atoms with van der Waals surface area (Å²) in [7, 11) is 1.79. The number of hydrogen-bond acceptors (Lipinski definition) is 4. The number of nitrogens with zero attached hydrogens (tertiary/aromatic N) is 3. The van der Waals surface area contributed by atoms with Crippen LogP contribution < -0.4 is 10.6 Å². The van der Waals surface area contributed by atoms with Gasteiger partial charge in [0, 0.05) is 32.0 Å². The summed E-state index contributed by atoms with van der Waals surface area (Å²) in [5.74, 6) is 2.53. The average molecular weight is 451 g/mol. The Morgan fingerprint density at radius 1 is 1.25 bits per heavy atom. The zero-order chi connectivity index (χ0) is 17.5. The Balaban J connectivity index is 0.00000529. The fourth-order valence-corrected chi connectivity index (χ4v) is 2.04. The molecule has 0 saturated carbocycles. The van der Waals surface area contributed by atoms with Crippen molar-refractivity contribution in [2.75, 3.05) is 13.6 Å². The second kappa shape index (κ2) is 10.9. The molecule has 7 heteroatoms. The van der Waals surface area contributed by atoms with E-state index in [-0.39, 0.29) is 24.0 Å². The average Bonchev–Trinajstić information content (AvgIpc) is 2.92. The monoisotopic (exact) mass is 451 g/mol. The normalized spacial score (nSPS) is 13.6. The van der Waals surface area contributed by atoms with Gasteiger partial charge in [0.1, 0.15) is 0 Å². The molecule has 0 aromatic carbocycles. The Labute approximate surface area is 163 Å². The number of nitrogens with one attached hydrogen (secondary N) is 2. The zero-order valence-corrected chi connectivity index (χ0v) is 18.5. The lowest BCUT2D eigenvalue weighted by molar-refractivity contribution is 0.346. The number of rotatable bonds is 7. The molecule has 24 heavy (non-hydrogen) atoms. The molecule has 1 aromatic rings. The van der Waals surface area contributed by atoms with Crippen molar-refractivity contribution in [3.05, 3.63) is 11.7 Å². The molecule has 0 aliphatic heterocycles. The van der Waals surface area contributed by atoms with Gasteiger partial charge in [0.15, 0.2) is 11.8 Å². The van der Waals surface area contributed by atoms with Crippen molar-refractivity contribution in [3.63, 3.8) is 0 Å². The van der Waals surface area contributed by atoms with Crippen LogP contribution in [0.4, 0.5) is 0 Å². The molecule has 0 spiro atoms. The van der Waals surface area contributed by atoms with Crippen LogP contribution in [0.2, 0.25) is 0 Å². The number of aliphatic imine (C=N–C) groups is 1. The van der Waals surface area contributed by atoms with E-state index < -0.39 is 0 Å². The molecule has 1 atom stereocenters. The fourth-order valence-electron chi connectivity index (χ4n) is 2.04. The third-order valence-corrected chi connectivity index (χ3v) is 3.57. The minimum atomic E-state index is 0. The van der Waals surface area contributed by atoms with E-state index in [1.165, 1.54) is 6.42 Å². The van der Waals surface area contributed by atoms with Gasteiger partial charge in [-0.1, -0.05) is 39.8 Å². The summed E-state index contributed by atoms with van der Waals surface area (Å²) in [5, 5.41) is 10.7. The van der Waals surface area contributed by atoms with Gasteiger partial charge < -0.3 is 15.2 Å². The molecular weight excluding hydrogens is 417 g/mol. The SMILES string of the molecule is CN=C(NCCc1nc(C(C)C)no1)NC(C)CCC(C)(C)C.I. The summed E-state index contributed by atoms with van der Waals surface area (Å²) in [6, 6.07) is 0.386. The topological polar surface area (TPSA) is 75.3 Å². The van der Waals surface area contributed by atoms with Crippen molar-refractivity contribution < 1.29 is 4.52 Å². The number of aromatic nitrogens is 2. The molecule has 1 rings (SSSR count). The molecule has 0 amide bonds. The van der Waals surface area contributed by atoms with Crippen LogP contribution in [-0.4, -0.2) is 35.7 Å². The zero-order valence-electron chi connectivity index (χ0n) is 16.1. The van der Waals surface area contributed by atoms with Crippen LogP contribution in [0, 0.1) is 5.41 Å². The van der Waals surface area contributed by atoms with Crippen molar-refractivity contribution in [2.45, 2.75) is 72.8 Å². The van der Waals surface area contributed by atoms with Crippen LogP contribution in [-0.2, 0) is 6.42 Å². The van der Waals surface area contributed by atoms with Gasteiger partial charge in [-0.25, -0.2) is 0 Å². The largest absolute Gasteiger partial charge is 0.356 e. The maximum atomic E-state index is 5.24. The molecule has 0 aliphatic rings. The van der Waals surface area contributed by atoms with E-state index >= 15 is 0 Å².